The fourth-order valence-corrected chi connectivity index (χ4v) is 3.08. The molecule has 0 aromatic heterocycles. The largest absolute Gasteiger partial charge is 0.369 e. The molecule has 0 radical (unpaired) electrons. The predicted molar refractivity (Wildman–Crippen MR) is 82.2 cm³/mol. The molecule has 1 aliphatic rings. The molecule has 0 aliphatic carbocycles. The van der Waals surface area contributed by atoms with E-state index in [1.54, 1.807) is 0 Å². The smallest absolute Gasteiger partial charge is 0.0511 e. The lowest BCUT2D eigenvalue weighted by Gasteiger charge is -2.30. The first-order valence-electron chi connectivity index (χ1n) is 6.95. The third-order valence-corrected chi connectivity index (χ3v) is 4.62. The fourth-order valence-electron chi connectivity index (χ4n) is 2.54. The van der Waals surface area contributed by atoms with Crippen LogP contribution in [0.2, 0.25) is 0 Å². The van der Waals surface area contributed by atoms with Gasteiger partial charge in [0.25, 0.3) is 0 Å². The van der Waals surface area contributed by atoms with Gasteiger partial charge in [0.05, 0.1) is 5.69 Å². The Hall–Kier alpha value is -0.540. The van der Waals surface area contributed by atoms with Crippen molar-refractivity contribution in [1.82, 2.24) is 5.32 Å². The standard InChI is InChI=1S/C15H23BrN2/c1-3-12(2)14-11-18(10-6-9-17-14)15-8-5-4-7-13(15)16/h4-5,7-8,12,14,17H,3,6,9-11H2,1-2H3. The molecule has 2 nitrogen and oxygen atoms in total. The molecule has 0 amide bonds. The van der Waals surface area contributed by atoms with Crippen LogP contribution in [-0.2, 0) is 0 Å². The summed E-state index contributed by atoms with van der Waals surface area (Å²) in [7, 11) is 0. The highest BCUT2D eigenvalue weighted by atomic mass is 79.9. The van der Waals surface area contributed by atoms with Gasteiger partial charge in [-0.2, -0.15) is 0 Å². The van der Waals surface area contributed by atoms with Crippen molar-refractivity contribution in [3.8, 4) is 0 Å². The second-order valence-electron chi connectivity index (χ2n) is 5.20. The van der Waals surface area contributed by atoms with Crippen molar-refractivity contribution >= 4 is 21.6 Å². The van der Waals surface area contributed by atoms with E-state index in [1.807, 2.05) is 0 Å². The van der Waals surface area contributed by atoms with Crippen LogP contribution in [0.25, 0.3) is 0 Å². The molecule has 2 rings (SSSR count). The van der Waals surface area contributed by atoms with Crippen LogP contribution >= 0.6 is 15.9 Å². The number of nitrogens with one attached hydrogen (secondary N) is 1. The second kappa shape index (κ2) is 6.58. The van der Waals surface area contributed by atoms with E-state index in [4.69, 9.17) is 0 Å². The summed E-state index contributed by atoms with van der Waals surface area (Å²) in [6.07, 6.45) is 2.45. The number of para-hydroxylation sites is 1. The topological polar surface area (TPSA) is 15.3 Å². The van der Waals surface area contributed by atoms with Crippen LogP contribution in [0.1, 0.15) is 26.7 Å². The average Bonchev–Trinajstić information content (AvgIpc) is 2.64. The molecule has 1 aliphatic heterocycles. The van der Waals surface area contributed by atoms with Crippen molar-refractivity contribution in [2.75, 3.05) is 24.5 Å². The van der Waals surface area contributed by atoms with Gasteiger partial charge in [0.2, 0.25) is 0 Å². The lowest BCUT2D eigenvalue weighted by atomic mass is 9.99. The quantitative estimate of drug-likeness (QED) is 0.916. The summed E-state index contributed by atoms with van der Waals surface area (Å²) in [4.78, 5) is 2.51. The van der Waals surface area contributed by atoms with Crippen molar-refractivity contribution in [1.29, 1.82) is 0 Å². The van der Waals surface area contributed by atoms with E-state index >= 15 is 0 Å². The maximum atomic E-state index is 3.69. The van der Waals surface area contributed by atoms with Gasteiger partial charge in [-0.25, -0.2) is 0 Å². The van der Waals surface area contributed by atoms with Gasteiger partial charge in [-0.1, -0.05) is 32.4 Å². The van der Waals surface area contributed by atoms with E-state index in [0.717, 1.165) is 25.6 Å². The molecule has 1 saturated heterocycles. The Labute approximate surface area is 119 Å². The van der Waals surface area contributed by atoms with Gasteiger partial charge in [0.15, 0.2) is 0 Å². The van der Waals surface area contributed by atoms with Gasteiger partial charge in [-0.15, -0.1) is 0 Å². The van der Waals surface area contributed by atoms with Crippen molar-refractivity contribution in [3.05, 3.63) is 28.7 Å². The first-order valence-corrected chi connectivity index (χ1v) is 7.74. The maximum Gasteiger partial charge on any atom is 0.0511 e. The Balaban J connectivity index is 2.14. The van der Waals surface area contributed by atoms with Gasteiger partial charge < -0.3 is 10.2 Å². The minimum atomic E-state index is 0.601. The molecule has 1 aromatic rings. The van der Waals surface area contributed by atoms with Crippen LogP contribution in [0.4, 0.5) is 5.69 Å². The second-order valence-corrected chi connectivity index (χ2v) is 6.05. The number of anilines is 1. The molecule has 1 fully saturated rings. The molecule has 1 aromatic carbocycles. The molecule has 100 valence electrons. The summed E-state index contributed by atoms with van der Waals surface area (Å²) >= 11 is 3.67. The first kappa shape index (κ1) is 13.9. The third kappa shape index (κ3) is 3.27. The highest BCUT2D eigenvalue weighted by Crippen LogP contribution is 2.27. The van der Waals surface area contributed by atoms with Gasteiger partial charge in [-0.3, -0.25) is 0 Å². The van der Waals surface area contributed by atoms with Crippen LogP contribution in [0, 0.1) is 5.92 Å². The lowest BCUT2D eigenvalue weighted by Crippen LogP contribution is -2.42. The maximum absolute atomic E-state index is 3.69. The van der Waals surface area contributed by atoms with E-state index in [2.05, 4.69) is 64.3 Å². The minimum absolute atomic E-state index is 0.601. The summed E-state index contributed by atoms with van der Waals surface area (Å²) in [6, 6.07) is 9.14. The lowest BCUT2D eigenvalue weighted by molar-refractivity contribution is 0.384. The summed E-state index contributed by atoms with van der Waals surface area (Å²) in [5, 5.41) is 3.69. The zero-order valence-corrected chi connectivity index (χ0v) is 12.9. The highest BCUT2D eigenvalue weighted by molar-refractivity contribution is 9.10. The number of hydrogen-bond donors (Lipinski definition) is 1. The van der Waals surface area contributed by atoms with E-state index in [9.17, 15) is 0 Å². The van der Waals surface area contributed by atoms with E-state index in [1.165, 1.54) is 23.0 Å². The summed E-state index contributed by atoms with van der Waals surface area (Å²) in [5.41, 5.74) is 1.33. The normalized spacial score (nSPS) is 22.6. The predicted octanol–water partition coefficient (Wildman–Crippen LogP) is 3.66. The third-order valence-electron chi connectivity index (χ3n) is 3.95. The Bertz CT molecular complexity index is 381. The zero-order valence-electron chi connectivity index (χ0n) is 11.3. The van der Waals surface area contributed by atoms with Crippen LogP contribution in [0.15, 0.2) is 28.7 Å². The molecule has 0 bridgehead atoms. The van der Waals surface area contributed by atoms with Crippen molar-refractivity contribution in [3.63, 3.8) is 0 Å². The molecule has 2 atom stereocenters. The molecular weight excluding hydrogens is 288 g/mol. The Morgan fingerprint density at radius 1 is 1.44 bits per heavy atom. The molecular formula is C15H23BrN2. The van der Waals surface area contributed by atoms with Crippen LogP contribution in [-0.4, -0.2) is 25.7 Å². The molecule has 0 saturated carbocycles. The molecule has 2 unspecified atom stereocenters. The fraction of sp³-hybridized carbons (Fsp3) is 0.600. The van der Waals surface area contributed by atoms with E-state index in [-0.39, 0.29) is 0 Å². The van der Waals surface area contributed by atoms with Crippen LogP contribution in [0.5, 0.6) is 0 Å². The SMILES string of the molecule is CCC(C)C1CN(c2ccccc2Br)CCCN1. The van der Waals surface area contributed by atoms with Gasteiger partial charge in [-0.05, 0) is 46.9 Å². The Kier molecular flexibility index (Phi) is 5.07. The Morgan fingerprint density at radius 2 is 2.22 bits per heavy atom. The number of rotatable bonds is 3. The van der Waals surface area contributed by atoms with Crippen LogP contribution < -0.4 is 10.2 Å². The highest BCUT2D eigenvalue weighted by Gasteiger charge is 2.22. The van der Waals surface area contributed by atoms with Gasteiger partial charge in [0.1, 0.15) is 0 Å². The summed E-state index contributed by atoms with van der Waals surface area (Å²) < 4.78 is 1.20. The average molecular weight is 311 g/mol. The van der Waals surface area contributed by atoms with Gasteiger partial charge >= 0.3 is 0 Å². The van der Waals surface area contributed by atoms with E-state index in [0.29, 0.717) is 6.04 Å². The summed E-state index contributed by atoms with van der Waals surface area (Å²) in [5.74, 6) is 0.730. The number of benzene rings is 1. The number of halogens is 1. The number of hydrogen-bond acceptors (Lipinski definition) is 2. The van der Waals surface area contributed by atoms with Gasteiger partial charge in [0, 0.05) is 23.6 Å². The van der Waals surface area contributed by atoms with Crippen molar-refractivity contribution in [2.24, 2.45) is 5.92 Å². The molecule has 1 heterocycles. The van der Waals surface area contributed by atoms with E-state index < -0.39 is 0 Å². The monoisotopic (exact) mass is 310 g/mol. The zero-order chi connectivity index (χ0) is 13.0. The number of nitrogens with zero attached hydrogens (tertiary/aromatic N) is 1. The summed E-state index contributed by atoms with van der Waals surface area (Å²) in [6.45, 7) is 8.01. The Morgan fingerprint density at radius 3 is 2.94 bits per heavy atom. The molecule has 3 heteroatoms. The minimum Gasteiger partial charge on any atom is -0.369 e. The molecule has 18 heavy (non-hydrogen) atoms. The van der Waals surface area contributed by atoms with Crippen molar-refractivity contribution in [2.45, 2.75) is 32.7 Å². The first-order chi connectivity index (χ1) is 8.72. The molecule has 1 N–H and O–H groups in total. The van der Waals surface area contributed by atoms with Crippen molar-refractivity contribution < 1.29 is 0 Å². The van der Waals surface area contributed by atoms with Crippen LogP contribution in [0.3, 0.4) is 0 Å². The molecule has 0 spiro atoms.